The Labute approximate surface area is 138 Å². The van der Waals surface area contributed by atoms with Gasteiger partial charge in [-0.25, -0.2) is 0 Å². The minimum Gasteiger partial charge on any atom is -0.337 e. The van der Waals surface area contributed by atoms with Crippen molar-refractivity contribution in [1.82, 2.24) is 9.80 Å². The molecule has 24 heavy (non-hydrogen) atoms. The molecule has 2 aliphatic rings. The van der Waals surface area contributed by atoms with Gasteiger partial charge in [-0.3, -0.25) is 9.59 Å². The van der Waals surface area contributed by atoms with Gasteiger partial charge in [-0.2, -0.15) is 18.1 Å². The van der Waals surface area contributed by atoms with Crippen LogP contribution in [0.15, 0.2) is 30.3 Å². The number of carbonyl (C=O) groups is 2. The molecule has 2 heterocycles. The molecule has 2 unspecified atom stereocenters. The van der Waals surface area contributed by atoms with E-state index in [4.69, 9.17) is 0 Å². The third kappa shape index (κ3) is 2.42. The van der Waals surface area contributed by atoms with Crippen molar-refractivity contribution in [3.8, 4) is 0 Å². The highest BCUT2D eigenvalue weighted by atomic mass is 19.4. The molecule has 0 radical (unpaired) electrons. The molecule has 0 aromatic heterocycles. The summed E-state index contributed by atoms with van der Waals surface area (Å²) >= 11 is 0. The summed E-state index contributed by atoms with van der Waals surface area (Å²) in [6.45, 7) is 1.08. The van der Waals surface area contributed by atoms with Crippen LogP contribution in [0.4, 0.5) is 13.2 Å². The highest BCUT2D eigenvalue weighted by molar-refractivity contribution is 5.90. The van der Waals surface area contributed by atoms with Gasteiger partial charge in [-0.1, -0.05) is 30.3 Å². The van der Waals surface area contributed by atoms with Gasteiger partial charge >= 0.3 is 6.30 Å². The lowest BCUT2D eigenvalue weighted by Gasteiger charge is -2.47. The summed E-state index contributed by atoms with van der Waals surface area (Å²) < 4.78 is 41.7. The Morgan fingerprint density at radius 1 is 1.21 bits per heavy atom. The number of carbonyl (C=O) groups excluding carboxylic acids is 2. The number of nitrogens with zero attached hydrogens (tertiary/aromatic N) is 2. The van der Waals surface area contributed by atoms with Crippen LogP contribution in [-0.2, 0) is 15.1 Å². The average molecular weight is 340 g/mol. The van der Waals surface area contributed by atoms with Crippen molar-refractivity contribution in [1.29, 1.82) is 0 Å². The topological polar surface area (TPSA) is 40.6 Å². The molecule has 0 spiro atoms. The second kappa shape index (κ2) is 5.88. The second-order valence-corrected chi connectivity index (χ2v) is 6.30. The van der Waals surface area contributed by atoms with Crippen LogP contribution in [0.5, 0.6) is 0 Å². The zero-order chi connectivity index (χ0) is 17.5. The summed E-state index contributed by atoms with van der Waals surface area (Å²) in [5, 5.41) is 0. The van der Waals surface area contributed by atoms with Gasteiger partial charge in [0.05, 0.1) is 6.04 Å². The molecule has 0 aliphatic carbocycles. The molecule has 2 atom stereocenters. The van der Waals surface area contributed by atoms with Gasteiger partial charge < -0.3 is 4.90 Å². The first-order valence-corrected chi connectivity index (χ1v) is 8.00. The van der Waals surface area contributed by atoms with Crippen molar-refractivity contribution in [3.05, 3.63) is 35.9 Å². The molecule has 2 saturated heterocycles. The minimum absolute atomic E-state index is 0.238. The van der Waals surface area contributed by atoms with Crippen LogP contribution in [-0.4, -0.2) is 46.9 Å². The van der Waals surface area contributed by atoms with Gasteiger partial charge in [0, 0.05) is 19.5 Å². The SMILES string of the molecule is CC(=O)C1(c2ccccc2)C2CCCN2C(=O)CCN1C(F)(F)F. The number of alkyl halides is 3. The first-order chi connectivity index (χ1) is 11.3. The number of hydrogen-bond acceptors (Lipinski definition) is 3. The van der Waals surface area contributed by atoms with Crippen molar-refractivity contribution in [2.75, 3.05) is 13.1 Å². The predicted octanol–water partition coefficient (Wildman–Crippen LogP) is 2.69. The monoisotopic (exact) mass is 340 g/mol. The number of Topliss-reactive ketones (excluding diaryl/α,β-unsaturated/α-hetero) is 1. The number of rotatable bonds is 2. The highest BCUT2D eigenvalue weighted by Gasteiger charge is 2.62. The van der Waals surface area contributed by atoms with Gasteiger partial charge in [0.25, 0.3) is 0 Å². The van der Waals surface area contributed by atoms with Crippen molar-refractivity contribution in [2.24, 2.45) is 0 Å². The van der Waals surface area contributed by atoms with Crippen LogP contribution in [0.25, 0.3) is 0 Å². The summed E-state index contributed by atoms with van der Waals surface area (Å²) in [4.78, 5) is 26.8. The van der Waals surface area contributed by atoms with E-state index in [0.29, 0.717) is 24.9 Å². The zero-order valence-electron chi connectivity index (χ0n) is 13.3. The Morgan fingerprint density at radius 3 is 2.46 bits per heavy atom. The fourth-order valence-corrected chi connectivity index (χ4v) is 4.20. The average Bonchev–Trinajstić information content (AvgIpc) is 2.96. The number of benzene rings is 1. The first kappa shape index (κ1) is 17.0. The van der Waals surface area contributed by atoms with Crippen molar-refractivity contribution >= 4 is 11.7 Å². The van der Waals surface area contributed by atoms with Crippen LogP contribution in [0.2, 0.25) is 0 Å². The van der Waals surface area contributed by atoms with E-state index >= 15 is 0 Å². The predicted molar refractivity (Wildman–Crippen MR) is 80.9 cm³/mol. The van der Waals surface area contributed by atoms with E-state index in [1.165, 1.54) is 11.8 Å². The molecule has 0 N–H and O–H groups in total. The molecule has 2 aliphatic heterocycles. The van der Waals surface area contributed by atoms with E-state index in [9.17, 15) is 22.8 Å². The summed E-state index contributed by atoms with van der Waals surface area (Å²) in [6.07, 6.45) is -3.96. The summed E-state index contributed by atoms with van der Waals surface area (Å²) in [5.41, 5.74) is -1.59. The van der Waals surface area contributed by atoms with Crippen LogP contribution in [0.1, 0.15) is 31.7 Å². The molecular formula is C17H19F3N2O2. The second-order valence-electron chi connectivity index (χ2n) is 6.30. The first-order valence-electron chi connectivity index (χ1n) is 8.00. The van der Waals surface area contributed by atoms with Crippen molar-refractivity contribution in [2.45, 2.75) is 44.1 Å². The lowest BCUT2D eigenvalue weighted by Crippen LogP contribution is -2.64. The lowest BCUT2D eigenvalue weighted by molar-refractivity contribution is -0.278. The Balaban J connectivity index is 2.28. The number of fused-ring (bicyclic) bond motifs is 1. The van der Waals surface area contributed by atoms with Gasteiger partial charge in [0.1, 0.15) is 5.54 Å². The maximum absolute atomic E-state index is 13.9. The van der Waals surface area contributed by atoms with E-state index in [-0.39, 0.29) is 17.2 Å². The van der Waals surface area contributed by atoms with Gasteiger partial charge in [-0.15, -0.1) is 0 Å². The van der Waals surface area contributed by atoms with E-state index in [1.807, 2.05) is 0 Å². The summed E-state index contributed by atoms with van der Waals surface area (Å²) in [5.74, 6) is -0.900. The third-order valence-electron chi connectivity index (χ3n) is 5.09. The molecule has 1 aromatic rings. The standard InChI is InChI=1S/C17H19F3N2O2/c1-12(23)16(13-6-3-2-4-7-13)14-8-5-10-21(14)15(24)9-11-22(16)17(18,19)20/h2-4,6-7,14H,5,8-11H2,1H3. The van der Waals surface area contributed by atoms with Crippen molar-refractivity contribution in [3.63, 3.8) is 0 Å². The third-order valence-corrected chi connectivity index (χ3v) is 5.09. The van der Waals surface area contributed by atoms with Gasteiger partial charge in [-0.05, 0) is 25.3 Å². The largest absolute Gasteiger partial charge is 0.461 e. The summed E-state index contributed by atoms with van der Waals surface area (Å²) in [6, 6.07) is 7.25. The molecule has 1 aromatic carbocycles. The molecule has 0 bridgehead atoms. The fraction of sp³-hybridized carbons (Fsp3) is 0.529. The molecule has 3 rings (SSSR count). The van der Waals surface area contributed by atoms with Crippen LogP contribution in [0.3, 0.4) is 0 Å². The van der Waals surface area contributed by atoms with Crippen LogP contribution >= 0.6 is 0 Å². The molecule has 130 valence electrons. The number of amides is 1. The van der Waals surface area contributed by atoms with Crippen molar-refractivity contribution < 1.29 is 22.8 Å². The normalized spacial score (nSPS) is 28.6. The van der Waals surface area contributed by atoms with Gasteiger partial charge in [0.2, 0.25) is 5.91 Å². The summed E-state index contributed by atoms with van der Waals surface area (Å²) in [7, 11) is 0. The molecule has 4 nitrogen and oxygen atoms in total. The molecule has 1 amide bonds. The molecule has 0 saturated carbocycles. The van der Waals surface area contributed by atoms with E-state index in [1.54, 1.807) is 30.3 Å². The smallest absolute Gasteiger partial charge is 0.337 e. The molecule has 2 fully saturated rings. The number of hydrogen-bond donors (Lipinski definition) is 0. The fourth-order valence-electron chi connectivity index (χ4n) is 4.20. The Morgan fingerprint density at radius 2 is 1.88 bits per heavy atom. The maximum Gasteiger partial charge on any atom is 0.461 e. The van der Waals surface area contributed by atoms with E-state index in [0.717, 1.165) is 0 Å². The van der Waals surface area contributed by atoms with Crippen LogP contribution in [0, 0.1) is 0 Å². The van der Waals surface area contributed by atoms with E-state index < -0.39 is 30.2 Å². The Kier molecular flexibility index (Phi) is 4.15. The van der Waals surface area contributed by atoms with Gasteiger partial charge in [0.15, 0.2) is 5.78 Å². The van der Waals surface area contributed by atoms with Crippen LogP contribution < -0.4 is 0 Å². The zero-order valence-corrected chi connectivity index (χ0v) is 13.3. The molecule has 7 heteroatoms. The maximum atomic E-state index is 13.9. The number of halogens is 3. The Hall–Kier alpha value is -1.89. The number of ketones is 1. The van der Waals surface area contributed by atoms with E-state index in [2.05, 4.69) is 0 Å². The Bertz CT molecular complexity index is 647. The minimum atomic E-state index is -4.71. The quantitative estimate of drug-likeness (QED) is 0.777. The molecular weight excluding hydrogens is 321 g/mol. The lowest BCUT2D eigenvalue weighted by atomic mass is 9.77. The highest BCUT2D eigenvalue weighted by Crippen LogP contribution is 2.47.